The first-order valence-electron chi connectivity index (χ1n) is 12.0. The van der Waals surface area contributed by atoms with Gasteiger partial charge in [0.25, 0.3) is 5.56 Å². The smallest absolute Gasteiger partial charge is 0.548 e. The van der Waals surface area contributed by atoms with E-state index < -0.39 is 12.0 Å². The van der Waals surface area contributed by atoms with Crippen LogP contribution in [0.15, 0.2) is 52.3 Å². The summed E-state index contributed by atoms with van der Waals surface area (Å²) in [6.07, 6.45) is 2.84. The fourth-order valence-electron chi connectivity index (χ4n) is 5.40. The number of aliphatic carboxylic acids is 1. The first kappa shape index (κ1) is 24.7. The zero-order valence-electron chi connectivity index (χ0n) is 20.0. The Morgan fingerprint density at radius 1 is 1.06 bits per heavy atom. The van der Waals surface area contributed by atoms with E-state index in [1.54, 1.807) is 0 Å². The number of rotatable bonds is 6. The number of carboxylic acid groups (broad SMARTS) is 1. The predicted octanol–water partition coefficient (Wildman–Crippen LogP) is -0.297. The van der Waals surface area contributed by atoms with E-state index in [9.17, 15) is 14.7 Å². The molecule has 0 radical (unpaired) electrons. The number of hydrogen-bond donors (Lipinski definition) is 0. The van der Waals surface area contributed by atoms with Crippen LogP contribution in [0.3, 0.4) is 0 Å². The van der Waals surface area contributed by atoms with Crippen molar-refractivity contribution in [2.75, 3.05) is 32.1 Å². The van der Waals surface area contributed by atoms with Gasteiger partial charge in [0.1, 0.15) is 0 Å². The van der Waals surface area contributed by atoms with Gasteiger partial charge in [-0.25, -0.2) is 0 Å². The van der Waals surface area contributed by atoms with Gasteiger partial charge in [0.2, 0.25) is 0 Å². The van der Waals surface area contributed by atoms with E-state index >= 15 is 0 Å². The van der Waals surface area contributed by atoms with Gasteiger partial charge >= 0.3 is 18.9 Å². The van der Waals surface area contributed by atoms with Crippen LogP contribution in [0.2, 0.25) is 0 Å². The third kappa shape index (κ3) is 4.61. The van der Waals surface area contributed by atoms with E-state index in [0.717, 1.165) is 42.1 Å². The maximum atomic E-state index is 13.9. The Labute approximate surface area is 220 Å². The standard InChI is InChI=1S/C27H28N2O4S.Li/c30-25-22(15-28-10-12-33-13-11-28)21(14-19-6-3-5-17-4-1-2-7-20(17)19)24(18-8-9-18)26-29(25)23(16-34-26)27(31)32;/h1-7,18,23H,8-16H2,(H,31,32);/q;+1/p-1/t23-;/m0./s1. The number of pyridine rings is 1. The average molecular weight is 483 g/mol. The molecule has 6 rings (SSSR count). The van der Waals surface area contributed by atoms with Crippen LogP contribution in [0.4, 0.5) is 0 Å². The summed E-state index contributed by atoms with van der Waals surface area (Å²) >= 11 is 1.51. The average Bonchev–Trinajstić information content (AvgIpc) is 3.59. The molecule has 1 atom stereocenters. The molecule has 0 N–H and O–H groups in total. The van der Waals surface area contributed by atoms with Crippen LogP contribution in [-0.4, -0.2) is 47.5 Å². The summed E-state index contributed by atoms with van der Waals surface area (Å²) in [5.74, 6) is -0.427. The second-order valence-electron chi connectivity index (χ2n) is 9.47. The summed E-state index contributed by atoms with van der Waals surface area (Å²) in [6.45, 7) is 3.36. The van der Waals surface area contributed by atoms with Crippen LogP contribution in [0.5, 0.6) is 0 Å². The Morgan fingerprint density at radius 2 is 1.80 bits per heavy atom. The second kappa shape index (κ2) is 10.2. The summed E-state index contributed by atoms with van der Waals surface area (Å²) in [6, 6.07) is 13.8. The Balaban J connectivity index is 0.00000253. The predicted molar refractivity (Wildman–Crippen MR) is 130 cm³/mol. The van der Waals surface area contributed by atoms with Crippen LogP contribution in [-0.2, 0) is 22.5 Å². The van der Waals surface area contributed by atoms with Crippen LogP contribution >= 0.6 is 11.8 Å². The Morgan fingerprint density at radius 3 is 2.54 bits per heavy atom. The van der Waals surface area contributed by atoms with Crippen molar-refractivity contribution in [3.05, 3.63) is 75.1 Å². The minimum atomic E-state index is -1.17. The number of morpholine rings is 1. The van der Waals surface area contributed by atoms with Crippen molar-refractivity contribution < 1.29 is 33.5 Å². The van der Waals surface area contributed by atoms with Gasteiger partial charge < -0.3 is 14.6 Å². The molecule has 0 spiro atoms. The molecule has 1 aromatic heterocycles. The van der Waals surface area contributed by atoms with E-state index in [1.165, 1.54) is 38.2 Å². The van der Waals surface area contributed by atoms with E-state index in [4.69, 9.17) is 4.74 Å². The minimum Gasteiger partial charge on any atom is -0.548 e. The molecule has 1 saturated carbocycles. The molecule has 176 valence electrons. The maximum absolute atomic E-state index is 13.9. The molecular formula is C27H27LiN2O4S. The quantitative estimate of drug-likeness (QED) is 0.450. The fourth-order valence-corrected chi connectivity index (χ4v) is 6.80. The molecule has 2 aromatic carbocycles. The Kier molecular flexibility index (Phi) is 7.16. The molecule has 2 fully saturated rings. The van der Waals surface area contributed by atoms with Crippen molar-refractivity contribution in [3.63, 3.8) is 0 Å². The van der Waals surface area contributed by atoms with Crippen molar-refractivity contribution >= 4 is 28.5 Å². The van der Waals surface area contributed by atoms with Crippen LogP contribution in [0.25, 0.3) is 10.8 Å². The third-order valence-corrected chi connectivity index (χ3v) is 8.47. The molecule has 2 aliphatic heterocycles. The number of hydrogen-bond acceptors (Lipinski definition) is 6. The molecule has 3 aliphatic rings. The van der Waals surface area contributed by atoms with E-state index in [2.05, 4.69) is 41.3 Å². The Bertz CT molecular complexity index is 1330. The number of fused-ring (bicyclic) bond motifs is 2. The molecule has 0 bridgehead atoms. The summed E-state index contributed by atoms with van der Waals surface area (Å²) in [7, 11) is 0. The van der Waals surface area contributed by atoms with Gasteiger partial charge in [0, 0.05) is 31.0 Å². The van der Waals surface area contributed by atoms with Gasteiger partial charge in [-0.15, -0.1) is 11.8 Å². The van der Waals surface area contributed by atoms with E-state index in [1.807, 2.05) is 6.07 Å². The van der Waals surface area contributed by atoms with Gasteiger partial charge in [-0.1, -0.05) is 42.5 Å². The number of carbonyl (C=O) groups excluding carboxylic acids is 1. The normalized spacial score (nSPS) is 19.9. The van der Waals surface area contributed by atoms with Gasteiger partial charge in [-0.05, 0) is 52.6 Å². The van der Waals surface area contributed by atoms with Crippen molar-refractivity contribution in [2.24, 2.45) is 0 Å². The SMILES string of the molecule is O=C([O-])[C@@H]1CSc2c(C3CC3)c(Cc3cccc4ccccc34)c(CN3CCOCC3)c(=O)n21.[Li+]. The third-order valence-electron chi connectivity index (χ3n) is 7.30. The number of benzene rings is 2. The van der Waals surface area contributed by atoms with Gasteiger partial charge in [0.15, 0.2) is 0 Å². The summed E-state index contributed by atoms with van der Waals surface area (Å²) in [5.41, 5.74) is 4.08. The van der Waals surface area contributed by atoms with Crippen molar-refractivity contribution in [1.82, 2.24) is 9.47 Å². The minimum absolute atomic E-state index is 0. The molecule has 0 amide bonds. The number of aromatic nitrogens is 1. The number of carboxylic acids is 1. The molecule has 35 heavy (non-hydrogen) atoms. The van der Waals surface area contributed by atoms with Crippen LogP contribution in [0.1, 0.15) is 47.1 Å². The zero-order valence-corrected chi connectivity index (χ0v) is 20.8. The molecule has 0 unspecified atom stereocenters. The molecule has 8 heteroatoms. The van der Waals surface area contributed by atoms with Gasteiger partial charge in [-0.3, -0.25) is 14.3 Å². The number of nitrogens with zero attached hydrogens (tertiary/aromatic N) is 2. The molecule has 3 aromatic rings. The fraction of sp³-hybridized carbons (Fsp3) is 0.407. The molecule has 3 heterocycles. The van der Waals surface area contributed by atoms with Gasteiger partial charge in [-0.2, -0.15) is 0 Å². The van der Waals surface area contributed by atoms with Crippen molar-refractivity contribution in [2.45, 2.75) is 42.8 Å². The molecule has 6 nitrogen and oxygen atoms in total. The van der Waals surface area contributed by atoms with Crippen molar-refractivity contribution in [3.8, 4) is 0 Å². The zero-order chi connectivity index (χ0) is 23.2. The summed E-state index contributed by atoms with van der Waals surface area (Å²) in [5, 5.41) is 15.2. The summed E-state index contributed by atoms with van der Waals surface area (Å²) in [4.78, 5) is 28.1. The van der Waals surface area contributed by atoms with E-state index in [0.29, 0.717) is 37.9 Å². The van der Waals surface area contributed by atoms with Crippen LogP contribution in [0, 0.1) is 0 Å². The monoisotopic (exact) mass is 482 g/mol. The number of thioether (sulfide) groups is 1. The first-order valence-corrected chi connectivity index (χ1v) is 13.0. The topological polar surface area (TPSA) is 74.6 Å². The molecule has 1 saturated heterocycles. The maximum Gasteiger partial charge on any atom is 1.00 e. The Hall–Kier alpha value is -2.01. The van der Waals surface area contributed by atoms with Gasteiger partial charge in [0.05, 0.1) is 30.3 Å². The van der Waals surface area contributed by atoms with Crippen molar-refractivity contribution in [1.29, 1.82) is 0 Å². The summed E-state index contributed by atoms with van der Waals surface area (Å²) < 4.78 is 7.06. The number of ether oxygens (including phenoxy) is 1. The van der Waals surface area contributed by atoms with E-state index in [-0.39, 0.29) is 24.4 Å². The number of carbonyl (C=O) groups is 1. The second-order valence-corrected chi connectivity index (χ2v) is 10.5. The molecule has 1 aliphatic carbocycles. The molecular weight excluding hydrogens is 455 g/mol. The first-order chi connectivity index (χ1) is 16.6. The largest absolute Gasteiger partial charge is 1.00 e. The van der Waals surface area contributed by atoms with Crippen LogP contribution < -0.4 is 29.5 Å².